The summed E-state index contributed by atoms with van der Waals surface area (Å²) < 4.78 is 0. The predicted molar refractivity (Wildman–Crippen MR) is 111 cm³/mol. The van der Waals surface area contributed by atoms with E-state index in [0.717, 1.165) is 32.3 Å². The van der Waals surface area contributed by atoms with Crippen LogP contribution in [-0.4, -0.2) is 0 Å². The van der Waals surface area contributed by atoms with Crippen molar-refractivity contribution in [2.75, 3.05) is 0 Å². The molecule has 0 radical (unpaired) electrons. The van der Waals surface area contributed by atoms with E-state index in [1.165, 1.54) is 6.07 Å². The fourth-order valence-electron chi connectivity index (χ4n) is 3.93. The lowest BCUT2D eigenvalue weighted by molar-refractivity contribution is 1.09. The van der Waals surface area contributed by atoms with Crippen LogP contribution >= 0.6 is 0 Å². The number of hydrogen-bond acceptors (Lipinski definition) is 4. The van der Waals surface area contributed by atoms with Crippen molar-refractivity contribution >= 4 is 32.3 Å². The highest BCUT2D eigenvalue weighted by molar-refractivity contribution is 6.19. The van der Waals surface area contributed by atoms with E-state index >= 15 is 0 Å². The lowest BCUT2D eigenvalue weighted by Gasteiger charge is -2.11. The molecule has 0 saturated heterocycles. The van der Waals surface area contributed by atoms with Gasteiger partial charge in [-0.1, -0.05) is 66.7 Å². The number of rotatable bonds is 1. The van der Waals surface area contributed by atoms with Gasteiger partial charge in [0.2, 0.25) is 10.9 Å². The van der Waals surface area contributed by atoms with Gasteiger partial charge < -0.3 is 0 Å². The summed E-state index contributed by atoms with van der Waals surface area (Å²) in [7, 11) is 0. The molecule has 2 N–H and O–H groups in total. The molecule has 5 rings (SSSR count). The van der Waals surface area contributed by atoms with Crippen molar-refractivity contribution in [3.8, 4) is 11.1 Å². The minimum absolute atomic E-state index is 0.178. The van der Waals surface area contributed by atoms with Gasteiger partial charge in [-0.05, 0) is 43.9 Å². The van der Waals surface area contributed by atoms with Crippen LogP contribution in [0.15, 0.2) is 82.4 Å². The van der Waals surface area contributed by atoms with Crippen LogP contribution < -0.4 is 21.6 Å². The molecule has 0 bridgehead atoms. The van der Waals surface area contributed by atoms with Gasteiger partial charge in [-0.2, -0.15) is 0 Å². The smallest absolute Gasteiger partial charge is 0.213 e. The molecule has 0 heterocycles. The number of fused-ring (bicyclic) bond motifs is 5. The average molecular weight is 362 g/mol. The third-order valence-corrected chi connectivity index (χ3v) is 5.32. The van der Waals surface area contributed by atoms with Crippen molar-refractivity contribution in [3.05, 3.63) is 104 Å². The van der Waals surface area contributed by atoms with Crippen LogP contribution in [0.25, 0.3) is 43.4 Å². The van der Waals surface area contributed by atoms with Crippen LogP contribution in [-0.2, 0) is 0 Å². The quantitative estimate of drug-likeness (QED) is 0.448. The fourth-order valence-corrected chi connectivity index (χ4v) is 3.93. The first-order valence-corrected chi connectivity index (χ1v) is 8.88. The third kappa shape index (κ3) is 2.18. The second kappa shape index (κ2) is 5.79. The Balaban J connectivity index is 1.94. The summed E-state index contributed by atoms with van der Waals surface area (Å²) in [5, 5.41) is 20.6. The highest BCUT2D eigenvalue weighted by atomic mass is 16.1. The van der Waals surface area contributed by atoms with Crippen LogP contribution in [0.1, 0.15) is 0 Å². The molecule has 5 aromatic rings. The van der Waals surface area contributed by atoms with Gasteiger partial charge in [0.05, 0.1) is 0 Å². The molecule has 0 aliphatic rings. The van der Waals surface area contributed by atoms with Crippen molar-refractivity contribution in [2.24, 2.45) is 0 Å². The summed E-state index contributed by atoms with van der Waals surface area (Å²) in [5.41, 5.74) is -0.404. The van der Waals surface area contributed by atoms with E-state index in [1.807, 2.05) is 36.4 Å². The Morgan fingerprint density at radius 3 is 2.04 bits per heavy atom. The first-order valence-electron chi connectivity index (χ1n) is 8.88. The summed E-state index contributed by atoms with van der Waals surface area (Å²) in [5.74, 6) is 0. The average Bonchev–Trinajstić information content (AvgIpc) is 2.74. The van der Waals surface area contributed by atoms with E-state index in [4.69, 9.17) is 10.8 Å². The highest BCUT2D eigenvalue weighted by Gasteiger charge is 2.13. The highest BCUT2D eigenvalue weighted by Crippen LogP contribution is 2.34. The standard InChI is InChI=1S/C24H14N2O2/c25-22-21(27)12-20(24(28)23(22)26)16-7-3-6-15-18-9-8-13-4-1-2-5-14(13)17(18)10-11-19(15)16/h1-12,25-26H. The lowest BCUT2D eigenvalue weighted by Crippen LogP contribution is -2.47. The first-order chi connectivity index (χ1) is 13.6. The monoisotopic (exact) mass is 362 g/mol. The van der Waals surface area contributed by atoms with E-state index in [1.54, 1.807) is 6.07 Å². The lowest BCUT2D eigenvalue weighted by atomic mass is 9.92. The van der Waals surface area contributed by atoms with Crippen LogP contribution in [0.2, 0.25) is 0 Å². The van der Waals surface area contributed by atoms with Crippen LogP contribution in [0.5, 0.6) is 0 Å². The SMILES string of the molecule is N=c1c(=O)cc(-c2cccc3c2ccc2c4ccccc4ccc32)c(=O)c1=N. The molecule has 0 unspecified atom stereocenters. The van der Waals surface area contributed by atoms with Gasteiger partial charge in [0.15, 0.2) is 0 Å². The molecule has 0 saturated carbocycles. The van der Waals surface area contributed by atoms with Gasteiger partial charge in [-0.15, -0.1) is 0 Å². The number of nitrogens with one attached hydrogen (secondary N) is 2. The zero-order valence-corrected chi connectivity index (χ0v) is 14.7. The molecule has 4 heteroatoms. The Bertz CT molecular complexity index is 1640. The molecular weight excluding hydrogens is 348 g/mol. The Morgan fingerprint density at radius 2 is 1.18 bits per heavy atom. The summed E-state index contributed by atoms with van der Waals surface area (Å²) in [4.78, 5) is 24.6. The van der Waals surface area contributed by atoms with E-state index in [2.05, 4.69) is 24.3 Å². The van der Waals surface area contributed by atoms with E-state index in [-0.39, 0.29) is 5.56 Å². The second-order valence-electron chi connectivity index (χ2n) is 6.85. The van der Waals surface area contributed by atoms with E-state index < -0.39 is 21.6 Å². The molecule has 132 valence electrons. The van der Waals surface area contributed by atoms with Crippen LogP contribution in [0.3, 0.4) is 0 Å². The predicted octanol–water partition coefficient (Wildman–Crippen LogP) is 3.37. The molecule has 0 aliphatic heterocycles. The van der Waals surface area contributed by atoms with Crippen molar-refractivity contribution in [3.63, 3.8) is 0 Å². The number of benzene rings is 5. The summed E-state index contributed by atoms with van der Waals surface area (Å²) in [6, 6.07) is 23.2. The largest absolute Gasteiger partial charge is 0.295 e. The van der Waals surface area contributed by atoms with Crippen molar-refractivity contribution in [1.29, 1.82) is 10.8 Å². The van der Waals surface area contributed by atoms with Crippen molar-refractivity contribution < 1.29 is 0 Å². The second-order valence-corrected chi connectivity index (χ2v) is 6.85. The molecule has 28 heavy (non-hydrogen) atoms. The van der Waals surface area contributed by atoms with Crippen LogP contribution in [0.4, 0.5) is 0 Å². The minimum Gasteiger partial charge on any atom is -0.295 e. The van der Waals surface area contributed by atoms with Gasteiger partial charge in [0, 0.05) is 5.56 Å². The third-order valence-electron chi connectivity index (χ3n) is 5.32. The maximum absolute atomic E-state index is 12.6. The van der Waals surface area contributed by atoms with Gasteiger partial charge in [-0.3, -0.25) is 20.4 Å². The van der Waals surface area contributed by atoms with Gasteiger partial charge in [-0.25, -0.2) is 0 Å². The molecule has 4 nitrogen and oxygen atoms in total. The van der Waals surface area contributed by atoms with E-state index in [0.29, 0.717) is 5.56 Å². The zero-order chi connectivity index (χ0) is 19.4. The Kier molecular flexibility index (Phi) is 3.36. The molecule has 0 aromatic heterocycles. The number of hydrogen-bond donors (Lipinski definition) is 2. The molecule has 0 amide bonds. The molecular formula is C24H14N2O2. The molecule has 0 fully saturated rings. The first kappa shape index (κ1) is 16.3. The Labute approximate surface area is 158 Å². The normalized spacial score (nSPS) is 11.4. The Hall–Kier alpha value is -3.92. The molecule has 5 aromatic carbocycles. The van der Waals surface area contributed by atoms with Crippen LogP contribution in [0, 0.1) is 10.8 Å². The zero-order valence-electron chi connectivity index (χ0n) is 14.7. The van der Waals surface area contributed by atoms with Crippen molar-refractivity contribution in [1.82, 2.24) is 0 Å². The summed E-state index contributed by atoms with van der Waals surface area (Å²) >= 11 is 0. The molecule has 0 atom stereocenters. The summed E-state index contributed by atoms with van der Waals surface area (Å²) in [6.07, 6.45) is 0. The minimum atomic E-state index is -0.608. The molecule has 0 spiro atoms. The Morgan fingerprint density at radius 1 is 0.536 bits per heavy atom. The maximum atomic E-state index is 12.6. The summed E-state index contributed by atoms with van der Waals surface area (Å²) in [6.45, 7) is 0. The maximum Gasteiger partial charge on any atom is 0.213 e. The fraction of sp³-hybridized carbons (Fsp3) is 0. The van der Waals surface area contributed by atoms with E-state index in [9.17, 15) is 9.59 Å². The van der Waals surface area contributed by atoms with Crippen molar-refractivity contribution in [2.45, 2.75) is 0 Å². The van der Waals surface area contributed by atoms with Gasteiger partial charge in [0.25, 0.3) is 0 Å². The topological polar surface area (TPSA) is 81.8 Å². The molecule has 0 aliphatic carbocycles. The van der Waals surface area contributed by atoms with Gasteiger partial charge in [0.1, 0.15) is 10.7 Å². The van der Waals surface area contributed by atoms with Gasteiger partial charge >= 0.3 is 0 Å².